The van der Waals surface area contributed by atoms with Gasteiger partial charge in [-0.25, -0.2) is 0 Å². The Labute approximate surface area is 124 Å². The fourth-order valence-electron chi connectivity index (χ4n) is 2.53. The number of unbranched alkanes of at least 4 members (excludes halogenated alkanes) is 2. The topological polar surface area (TPSA) is 61.1 Å². The zero-order valence-electron chi connectivity index (χ0n) is 12.0. The first-order valence-electron chi connectivity index (χ1n) is 7.31. The Balaban J connectivity index is 1.96. The fourth-order valence-corrected chi connectivity index (χ4v) is 2.53. The smallest absolute Gasteiger partial charge is 0.303 e. The van der Waals surface area contributed by atoms with Gasteiger partial charge in [0.1, 0.15) is 0 Å². The highest BCUT2D eigenvalue weighted by Gasteiger charge is 2.11. The molecule has 0 saturated heterocycles. The molecule has 2 aromatic carbocycles. The Hall–Kier alpha value is -2.34. The minimum atomic E-state index is -0.749. The minimum absolute atomic E-state index is 0.112. The van der Waals surface area contributed by atoms with Crippen molar-refractivity contribution in [3.8, 4) is 6.07 Å². The average molecular weight is 281 g/mol. The molecule has 0 bridgehead atoms. The van der Waals surface area contributed by atoms with Crippen molar-refractivity contribution in [1.82, 2.24) is 0 Å². The molecule has 0 aliphatic carbocycles. The maximum absolute atomic E-state index is 10.4. The molecular formula is C18H19NO2. The number of nitrogens with zero attached hydrogens (tertiary/aromatic N) is 1. The zero-order chi connectivity index (χ0) is 15.1. The first kappa shape index (κ1) is 15.1. The van der Waals surface area contributed by atoms with Crippen LogP contribution in [0.4, 0.5) is 0 Å². The highest BCUT2D eigenvalue weighted by atomic mass is 16.4. The summed E-state index contributed by atoms with van der Waals surface area (Å²) in [6.45, 7) is 0. The molecule has 0 amide bonds. The largest absolute Gasteiger partial charge is 0.481 e. The van der Waals surface area contributed by atoms with Gasteiger partial charge in [-0.15, -0.1) is 0 Å². The Bertz CT molecular complexity index is 658. The van der Waals surface area contributed by atoms with Gasteiger partial charge in [-0.2, -0.15) is 5.26 Å². The summed E-state index contributed by atoms with van der Waals surface area (Å²) in [5.41, 5.74) is 1.05. The van der Waals surface area contributed by atoms with Crippen LogP contribution in [0.2, 0.25) is 0 Å². The van der Waals surface area contributed by atoms with Crippen LogP contribution in [0.25, 0.3) is 10.8 Å². The number of nitriles is 1. The molecule has 21 heavy (non-hydrogen) atoms. The van der Waals surface area contributed by atoms with E-state index in [9.17, 15) is 10.1 Å². The van der Waals surface area contributed by atoms with Crippen LogP contribution in [0.3, 0.4) is 0 Å². The summed E-state index contributed by atoms with van der Waals surface area (Å²) < 4.78 is 0. The number of fused-ring (bicyclic) bond motifs is 1. The second kappa shape index (κ2) is 7.44. The molecule has 0 radical (unpaired) electrons. The molecule has 0 heterocycles. The molecule has 0 aliphatic heterocycles. The van der Waals surface area contributed by atoms with E-state index in [1.165, 1.54) is 5.39 Å². The number of hydrogen-bond donors (Lipinski definition) is 1. The van der Waals surface area contributed by atoms with Gasteiger partial charge in [0.2, 0.25) is 0 Å². The van der Waals surface area contributed by atoms with E-state index in [0.717, 1.165) is 30.2 Å². The first-order valence-corrected chi connectivity index (χ1v) is 7.31. The molecule has 2 aromatic rings. The molecule has 2 rings (SSSR count). The van der Waals surface area contributed by atoms with Gasteiger partial charge in [0, 0.05) is 6.42 Å². The molecule has 0 aromatic heterocycles. The van der Waals surface area contributed by atoms with E-state index in [1.54, 1.807) is 0 Å². The predicted molar refractivity (Wildman–Crippen MR) is 83.0 cm³/mol. The molecule has 1 N–H and O–H groups in total. The number of benzene rings is 2. The third kappa shape index (κ3) is 4.32. The van der Waals surface area contributed by atoms with Crippen molar-refractivity contribution in [2.75, 3.05) is 0 Å². The predicted octanol–water partition coefficient (Wildman–Crippen LogP) is 4.48. The van der Waals surface area contributed by atoms with Crippen LogP contribution >= 0.6 is 0 Å². The molecule has 0 fully saturated rings. The number of carbonyl (C=O) groups is 1. The van der Waals surface area contributed by atoms with E-state index in [2.05, 4.69) is 30.3 Å². The summed E-state index contributed by atoms with van der Waals surface area (Å²) in [5, 5.41) is 20.3. The second-order valence-corrected chi connectivity index (χ2v) is 5.28. The van der Waals surface area contributed by atoms with Crippen LogP contribution in [0, 0.1) is 11.3 Å². The maximum Gasteiger partial charge on any atom is 0.303 e. The van der Waals surface area contributed by atoms with Gasteiger partial charge in [0.05, 0.1) is 12.0 Å². The summed E-state index contributed by atoms with van der Waals surface area (Å²) in [4.78, 5) is 10.4. The highest BCUT2D eigenvalue weighted by Crippen LogP contribution is 2.25. The lowest BCUT2D eigenvalue weighted by molar-refractivity contribution is -0.137. The number of aliphatic carboxylic acids is 1. The molecular weight excluding hydrogens is 262 g/mol. The van der Waals surface area contributed by atoms with Crippen molar-refractivity contribution in [2.45, 2.75) is 38.0 Å². The quantitative estimate of drug-likeness (QED) is 0.761. The Morgan fingerprint density at radius 1 is 1.10 bits per heavy atom. The SMILES string of the molecule is N#CC(CCCCCC(=O)O)c1ccc2ccccc2c1. The van der Waals surface area contributed by atoms with Gasteiger partial charge >= 0.3 is 5.97 Å². The van der Waals surface area contributed by atoms with E-state index in [-0.39, 0.29) is 12.3 Å². The van der Waals surface area contributed by atoms with Crippen molar-refractivity contribution in [3.63, 3.8) is 0 Å². The Kier molecular flexibility index (Phi) is 5.34. The van der Waals surface area contributed by atoms with Gasteiger partial charge in [0.15, 0.2) is 0 Å². The zero-order valence-corrected chi connectivity index (χ0v) is 12.0. The van der Waals surface area contributed by atoms with Gasteiger partial charge in [0.25, 0.3) is 0 Å². The van der Waals surface area contributed by atoms with Crippen molar-refractivity contribution >= 4 is 16.7 Å². The molecule has 3 heteroatoms. The van der Waals surface area contributed by atoms with E-state index in [4.69, 9.17) is 5.11 Å². The summed E-state index contributed by atoms with van der Waals surface area (Å²) >= 11 is 0. The van der Waals surface area contributed by atoms with E-state index >= 15 is 0 Å². The molecule has 108 valence electrons. The van der Waals surface area contributed by atoms with Crippen LogP contribution in [0.5, 0.6) is 0 Å². The number of carboxylic acids is 1. The second-order valence-electron chi connectivity index (χ2n) is 5.28. The van der Waals surface area contributed by atoms with E-state index in [0.29, 0.717) is 6.42 Å². The van der Waals surface area contributed by atoms with Crippen LogP contribution in [0.1, 0.15) is 43.6 Å². The standard InChI is InChI=1S/C18H19NO2/c19-13-17(8-2-1-3-9-18(20)21)16-11-10-14-6-4-5-7-15(14)12-16/h4-7,10-12,17H,1-3,8-9H2,(H,20,21). The van der Waals surface area contributed by atoms with Crippen molar-refractivity contribution in [2.24, 2.45) is 0 Å². The van der Waals surface area contributed by atoms with Crippen molar-refractivity contribution < 1.29 is 9.90 Å². The summed E-state index contributed by atoms with van der Waals surface area (Å²) in [7, 11) is 0. The van der Waals surface area contributed by atoms with Crippen molar-refractivity contribution in [3.05, 3.63) is 48.0 Å². The molecule has 0 aliphatic rings. The monoisotopic (exact) mass is 281 g/mol. The van der Waals surface area contributed by atoms with E-state index < -0.39 is 5.97 Å². The van der Waals surface area contributed by atoms with E-state index in [1.807, 2.05) is 18.2 Å². The van der Waals surface area contributed by atoms with Crippen LogP contribution in [0.15, 0.2) is 42.5 Å². The summed E-state index contributed by atoms with van der Waals surface area (Å²) in [6.07, 6.45) is 3.43. The molecule has 1 atom stereocenters. The number of carboxylic acid groups (broad SMARTS) is 1. The number of hydrogen-bond acceptors (Lipinski definition) is 2. The Morgan fingerprint density at radius 3 is 2.57 bits per heavy atom. The third-order valence-electron chi connectivity index (χ3n) is 3.72. The Morgan fingerprint density at radius 2 is 1.86 bits per heavy atom. The lowest BCUT2D eigenvalue weighted by Crippen LogP contribution is -1.97. The van der Waals surface area contributed by atoms with Crippen LogP contribution in [-0.4, -0.2) is 11.1 Å². The third-order valence-corrected chi connectivity index (χ3v) is 3.72. The molecule has 1 unspecified atom stereocenters. The molecule has 0 saturated carbocycles. The van der Waals surface area contributed by atoms with Gasteiger partial charge in [-0.05, 0) is 35.2 Å². The minimum Gasteiger partial charge on any atom is -0.481 e. The average Bonchev–Trinajstić information content (AvgIpc) is 2.50. The molecule has 0 spiro atoms. The lowest BCUT2D eigenvalue weighted by Gasteiger charge is -2.10. The van der Waals surface area contributed by atoms with Crippen LogP contribution in [-0.2, 0) is 4.79 Å². The normalized spacial score (nSPS) is 12.0. The first-order chi connectivity index (χ1) is 10.2. The maximum atomic E-state index is 10.4. The number of rotatable bonds is 7. The van der Waals surface area contributed by atoms with Gasteiger partial charge < -0.3 is 5.11 Å². The summed E-state index contributed by atoms with van der Waals surface area (Å²) in [6, 6.07) is 16.6. The van der Waals surface area contributed by atoms with Gasteiger partial charge in [-0.3, -0.25) is 4.79 Å². The van der Waals surface area contributed by atoms with Crippen molar-refractivity contribution in [1.29, 1.82) is 5.26 Å². The lowest BCUT2D eigenvalue weighted by atomic mass is 9.92. The highest BCUT2D eigenvalue weighted by molar-refractivity contribution is 5.83. The molecule has 3 nitrogen and oxygen atoms in total. The summed E-state index contributed by atoms with van der Waals surface area (Å²) in [5.74, 6) is -0.860. The fraction of sp³-hybridized carbons (Fsp3) is 0.333. The van der Waals surface area contributed by atoms with Gasteiger partial charge in [-0.1, -0.05) is 49.2 Å². The van der Waals surface area contributed by atoms with Crippen LogP contribution < -0.4 is 0 Å².